The van der Waals surface area contributed by atoms with E-state index in [1.165, 1.54) is 0 Å². The summed E-state index contributed by atoms with van der Waals surface area (Å²) in [5.41, 5.74) is 6.66. The zero-order valence-electron chi connectivity index (χ0n) is 13.9. The van der Waals surface area contributed by atoms with E-state index in [4.69, 9.17) is 19.5 Å². The number of nitrogens with two attached hydrogens (primary N) is 1. The summed E-state index contributed by atoms with van der Waals surface area (Å²) in [5, 5.41) is 8.01. The van der Waals surface area contributed by atoms with E-state index in [9.17, 15) is 0 Å². The molecule has 0 atom stereocenters. The third-order valence-electron chi connectivity index (χ3n) is 4.53. The van der Waals surface area contributed by atoms with E-state index in [0.29, 0.717) is 36.3 Å². The highest BCUT2D eigenvalue weighted by atomic mass is 16.5. The molecule has 3 aromatic rings. The number of ether oxygens (including phenoxy) is 1. The summed E-state index contributed by atoms with van der Waals surface area (Å²) in [6.07, 6.45) is 3.98. The topological polar surface area (TPSA) is 113 Å². The Morgan fingerprint density at radius 2 is 1.72 bits per heavy atom. The lowest BCUT2D eigenvalue weighted by Crippen LogP contribution is -2.44. The Kier molecular flexibility index (Phi) is 3.96. The standard InChI is InChI=1S/C17H19N5O3/c1-23-12-5-3-11(4-6-12)15-19-13(24-21-15)7-8-14-20-16(22-25-14)17(18)9-2-10-17/h3-6H,2,7-10,18H2,1H3. The Balaban J connectivity index is 1.39. The average Bonchev–Trinajstić information content (AvgIpc) is 3.27. The Morgan fingerprint density at radius 3 is 2.36 bits per heavy atom. The molecule has 2 heterocycles. The molecule has 0 unspecified atom stereocenters. The second-order valence-corrected chi connectivity index (χ2v) is 6.26. The maximum Gasteiger partial charge on any atom is 0.227 e. The van der Waals surface area contributed by atoms with Crippen LogP contribution < -0.4 is 10.5 Å². The van der Waals surface area contributed by atoms with Gasteiger partial charge in [-0.2, -0.15) is 9.97 Å². The quantitative estimate of drug-likeness (QED) is 0.726. The number of methoxy groups -OCH3 is 1. The number of hydrogen-bond donors (Lipinski definition) is 1. The first-order chi connectivity index (χ1) is 12.2. The van der Waals surface area contributed by atoms with Gasteiger partial charge in [-0.15, -0.1) is 0 Å². The molecule has 2 N–H and O–H groups in total. The fourth-order valence-electron chi connectivity index (χ4n) is 2.77. The first-order valence-corrected chi connectivity index (χ1v) is 8.25. The summed E-state index contributed by atoms with van der Waals surface area (Å²) >= 11 is 0. The highest BCUT2D eigenvalue weighted by molar-refractivity contribution is 5.55. The van der Waals surface area contributed by atoms with Crippen LogP contribution in [-0.2, 0) is 18.4 Å². The van der Waals surface area contributed by atoms with Gasteiger partial charge in [-0.1, -0.05) is 10.3 Å². The summed E-state index contributed by atoms with van der Waals surface area (Å²) in [7, 11) is 1.63. The normalized spacial score (nSPS) is 15.8. The van der Waals surface area contributed by atoms with Crippen LogP contribution >= 0.6 is 0 Å². The molecular weight excluding hydrogens is 322 g/mol. The van der Waals surface area contributed by atoms with Crippen molar-refractivity contribution in [3.05, 3.63) is 41.9 Å². The smallest absolute Gasteiger partial charge is 0.227 e. The molecular formula is C17H19N5O3. The van der Waals surface area contributed by atoms with Crippen LogP contribution in [0.4, 0.5) is 0 Å². The molecule has 1 aliphatic rings. The van der Waals surface area contributed by atoms with Gasteiger partial charge in [-0.25, -0.2) is 0 Å². The molecule has 1 saturated carbocycles. The van der Waals surface area contributed by atoms with E-state index >= 15 is 0 Å². The van der Waals surface area contributed by atoms with E-state index < -0.39 is 5.54 Å². The number of hydrogen-bond acceptors (Lipinski definition) is 8. The van der Waals surface area contributed by atoms with Gasteiger partial charge in [0.1, 0.15) is 5.75 Å². The largest absolute Gasteiger partial charge is 0.497 e. The molecule has 2 aromatic heterocycles. The molecule has 130 valence electrons. The molecule has 0 spiro atoms. The van der Waals surface area contributed by atoms with Crippen LogP contribution in [0.2, 0.25) is 0 Å². The van der Waals surface area contributed by atoms with Crippen molar-refractivity contribution in [2.75, 3.05) is 7.11 Å². The van der Waals surface area contributed by atoms with Crippen molar-refractivity contribution in [1.29, 1.82) is 0 Å². The number of nitrogens with zero attached hydrogens (tertiary/aromatic N) is 4. The van der Waals surface area contributed by atoms with E-state index in [0.717, 1.165) is 30.6 Å². The number of aromatic nitrogens is 4. The van der Waals surface area contributed by atoms with Gasteiger partial charge in [-0.05, 0) is 43.5 Å². The third kappa shape index (κ3) is 3.12. The van der Waals surface area contributed by atoms with Gasteiger partial charge in [0.25, 0.3) is 0 Å². The van der Waals surface area contributed by atoms with Crippen LogP contribution in [0.1, 0.15) is 36.9 Å². The fourth-order valence-corrected chi connectivity index (χ4v) is 2.77. The second kappa shape index (κ2) is 6.29. The van der Waals surface area contributed by atoms with Gasteiger partial charge in [-0.3, -0.25) is 0 Å². The van der Waals surface area contributed by atoms with Gasteiger partial charge in [0.05, 0.1) is 12.6 Å². The highest BCUT2D eigenvalue weighted by Crippen LogP contribution is 2.36. The monoisotopic (exact) mass is 341 g/mol. The van der Waals surface area contributed by atoms with Gasteiger partial charge in [0.15, 0.2) is 5.82 Å². The predicted octanol–water partition coefficient (Wildman–Crippen LogP) is 2.25. The Morgan fingerprint density at radius 1 is 1.04 bits per heavy atom. The van der Waals surface area contributed by atoms with Crippen LogP contribution in [0.25, 0.3) is 11.4 Å². The maximum absolute atomic E-state index is 6.20. The minimum absolute atomic E-state index is 0.409. The summed E-state index contributed by atoms with van der Waals surface area (Å²) in [5.74, 6) is 2.98. The summed E-state index contributed by atoms with van der Waals surface area (Å²) in [4.78, 5) is 8.80. The average molecular weight is 341 g/mol. The van der Waals surface area contributed by atoms with Crippen LogP contribution in [-0.4, -0.2) is 27.4 Å². The number of benzene rings is 1. The molecule has 0 saturated heterocycles. The van der Waals surface area contributed by atoms with Crippen LogP contribution in [0.3, 0.4) is 0 Å². The van der Waals surface area contributed by atoms with Gasteiger partial charge < -0.3 is 19.5 Å². The lowest BCUT2D eigenvalue weighted by molar-refractivity contribution is 0.229. The molecule has 25 heavy (non-hydrogen) atoms. The van der Waals surface area contributed by atoms with Crippen molar-refractivity contribution >= 4 is 0 Å². The highest BCUT2D eigenvalue weighted by Gasteiger charge is 2.38. The molecule has 8 heteroatoms. The first-order valence-electron chi connectivity index (χ1n) is 8.25. The molecule has 0 bridgehead atoms. The summed E-state index contributed by atoms with van der Waals surface area (Å²) in [6.45, 7) is 0. The zero-order chi connectivity index (χ0) is 17.3. The van der Waals surface area contributed by atoms with Crippen molar-refractivity contribution < 1.29 is 13.8 Å². The molecule has 0 aliphatic heterocycles. The Bertz CT molecular complexity index is 851. The lowest BCUT2D eigenvalue weighted by Gasteiger charge is -2.34. The van der Waals surface area contributed by atoms with Crippen LogP contribution in [0, 0.1) is 0 Å². The number of rotatable bonds is 6. The van der Waals surface area contributed by atoms with E-state index in [-0.39, 0.29) is 0 Å². The third-order valence-corrected chi connectivity index (χ3v) is 4.53. The summed E-state index contributed by atoms with van der Waals surface area (Å²) < 4.78 is 15.7. The molecule has 1 fully saturated rings. The van der Waals surface area contributed by atoms with E-state index in [1.807, 2.05) is 24.3 Å². The fraction of sp³-hybridized carbons (Fsp3) is 0.412. The Hall–Kier alpha value is -2.74. The van der Waals surface area contributed by atoms with Crippen molar-refractivity contribution in [1.82, 2.24) is 20.3 Å². The van der Waals surface area contributed by atoms with Crippen molar-refractivity contribution in [3.63, 3.8) is 0 Å². The zero-order valence-corrected chi connectivity index (χ0v) is 13.9. The SMILES string of the molecule is COc1ccc(-c2noc(CCc3nc(C4(N)CCC4)no3)n2)cc1. The molecule has 4 rings (SSSR count). The molecule has 0 radical (unpaired) electrons. The lowest BCUT2D eigenvalue weighted by atomic mass is 9.77. The minimum atomic E-state index is -0.409. The van der Waals surface area contributed by atoms with Gasteiger partial charge >= 0.3 is 0 Å². The summed E-state index contributed by atoms with van der Waals surface area (Å²) in [6, 6.07) is 7.48. The maximum atomic E-state index is 6.20. The predicted molar refractivity (Wildman–Crippen MR) is 87.7 cm³/mol. The van der Waals surface area contributed by atoms with E-state index in [1.54, 1.807) is 7.11 Å². The van der Waals surface area contributed by atoms with Crippen molar-refractivity contribution in [3.8, 4) is 17.1 Å². The second-order valence-electron chi connectivity index (χ2n) is 6.26. The van der Waals surface area contributed by atoms with Gasteiger partial charge in [0.2, 0.25) is 17.6 Å². The van der Waals surface area contributed by atoms with Crippen molar-refractivity contribution in [2.45, 2.75) is 37.6 Å². The molecule has 1 aliphatic carbocycles. The molecule has 8 nitrogen and oxygen atoms in total. The Labute approximate surface area is 144 Å². The van der Waals surface area contributed by atoms with Crippen LogP contribution in [0.5, 0.6) is 5.75 Å². The molecule has 1 aromatic carbocycles. The first kappa shape index (κ1) is 15.8. The van der Waals surface area contributed by atoms with E-state index in [2.05, 4.69) is 20.3 Å². The van der Waals surface area contributed by atoms with Crippen molar-refractivity contribution in [2.24, 2.45) is 5.73 Å². The van der Waals surface area contributed by atoms with Crippen LogP contribution in [0.15, 0.2) is 33.3 Å². The number of aryl methyl sites for hydroxylation is 2. The molecule has 0 amide bonds. The van der Waals surface area contributed by atoms with Gasteiger partial charge in [0, 0.05) is 18.4 Å². The minimum Gasteiger partial charge on any atom is -0.497 e.